The summed E-state index contributed by atoms with van der Waals surface area (Å²) in [5.41, 5.74) is 4.79. The third-order valence-electron chi connectivity index (χ3n) is 5.81. The Labute approximate surface area is 204 Å². The highest BCUT2D eigenvalue weighted by Crippen LogP contribution is 2.39. The molecule has 1 aromatic heterocycles. The summed E-state index contributed by atoms with van der Waals surface area (Å²) in [7, 11) is 1.85. The van der Waals surface area contributed by atoms with E-state index in [9.17, 15) is 10.1 Å². The molecule has 0 fully saturated rings. The van der Waals surface area contributed by atoms with Gasteiger partial charge in [-0.3, -0.25) is 4.79 Å². The molecule has 1 aliphatic rings. The van der Waals surface area contributed by atoms with Crippen LogP contribution in [0.4, 0.5) is 0 Å². The average molecular weight is 476 g/mol. The molecule has 1 heterocycles. The smallest absolute Gasteiger partial charge is 0.221 e. The second-order valence-electron chi connectivity index (χ2n) is 8.64. The zero-order valence-electron chi connectivity index (χ0n) is 19.7. The Balaban J connectivity index is 1.61. The molecule has 176 valence electrons. The van der Waals surface area contributed by atoms with Crippen LogP contribution in [0.3, 0.4) is 0 Å². The van der Waals surface area contributed by atoms with Crippen LogP contribution in [0.2, 0.25) is 0 Å². The first-order valence-corrected chi connectivity index (χ1v) is 12.4. The molecule has 1 atom stereocenters. The molecule has 2 aromatic carbocycles. The van der Waals surface area contributed by atoms with E-state index in [4.69, 9.17) is 4.74 Å². The van der Waals surface area contributed by atoms with Crippen LogP contribution in [0, 0.1) is 11.3 Å². The molecule has 1 aliphatic carbocycles. The third-order valence-corrected chi connectivity index (χ3v) is 6.82. The molecule has 2 N–H and O–H groups in total. The Hall–Kier alpha value is -3.28. The SMILES string of the molecule is CNCCC(=O)N[C@@H]1CCCc2c(-c3nnc(-c4ccc(OC(C)C)c(C#N)c4)s3)cccc21. The van der Waals surface area contributed by atoms with Gasteiger partial charge in [-0.25, -0.2) is 0 Å². The number of fused-ring (bicyclic) bond motifs is 1. The van der Waals surface area contributed by atoms with Gasteiger partial charge in [0, 0.05) is 24.1 Å². The number of carbonyl (C=O) groups is 1. The van der Waals surface area contributed by atoms with Crippen LogP contribution in [0.25, 0.3) is 21.1 Å². The van der Waals surface area contributed by atoms with Crippen LogP contribution in [0.1, 0.15) is 55.8 Å². The zero-order chi connectivity index (χ0) is 24.1. The van der Waals surface area contributed by atoms with E-state index in [0.29, 0.717) is 24.3 Å². The van der Waals surface area contributed by atoms with Gasteiger partial charge in [-0.2, -0.15) is 5.26 Å². The predicted octanol–water partition coefficient (Wildman–Crippen LogP) is 4.63. The molecule has 7 nitrogen and oxygen atoms in total. The maximum atomic E-state index is 12.3. The molecule has 0 saturated carbocycles. The van der Waals surface area contributed by atoms with Gasteiger partial charge >= 0.3 is 0 Å². The molecule has 1 amide bonds. The van der Waals surface area contributed by atoms with Gasteiger partial charge in [-0.15, -0.1) is 10.2 Å². The number of rotatable bonds is 8. The van der Waals surface area contributed by atoms with E-state index in [-0.39, 0.29) is 18.1 Å². The Bertz CT molecular complexity index is 1210. The van der Waals surface area contributed by atoms with E-state index >= 15 is 0 Å². The van der Waals surface area contributed by atoms with Gasteiger partial charge in [0.15, 0.2) is 0 Å². The summed E-state index contributed by atoms with van der Waals surface area (Å²) in [6, 6.07) is 14.0. The minimum Gasteiger partial charge on any atom is -0.490 e. The van der Waals surface area contributed by atoms with Crippen molar-refractivity contribution in [3.8, 4) is 33.0 Å². The number of aromatic nitrogens is 2. The molecule has 0 saturated heterocycles. The maximum absolute atomic E-state index is 12.3. The molecule has 4 rings (SSSR count). The molecule has 3 aromatic rings. The van der Waals surface area contributed by atoms with E-state index in [1.165, 1.54) is 22.5 Å². The Kier molecular flexibility index (Phi) is 7.56. The summed E-state index contributed by atoms with van der Waals surface area (Å²) in [6.45, 7) is 4.53. The van der Waals surface area contributed by atoms with Gasteiger partial charge in [0.25, 0.3) is 0 Å². The number of amides is 1. The monoisotopic (exact) mass is 475 g/mol. The minimum absolute atomic E-state index is 0.00717. The highest BCUT2D eigenvalue weighted by molar-refractivity contribution is 7.17. The van der Waals surface area contributed by atoms with Crippen LogP contribution in [-0.4, -0.2) is 35.8 Å². The van der Waals surface area contributed by atoms with Gasteiger partial charge in [0.2, 0.25) is 5.91 Å². The van der Waals surface area contributed by atoms with Crippen LogP contribution in [-0.2, 0) is 11.2 Å². The van der Waals surface area contributed by atoms with Crippen molar-refractivity contribution in [3.63, 3.8) is 0 Å². The highest BCUT2D eigenvalue weighted by atomic mass is 32.1. The van der Waals surface area contributed by atoms with Gasteiger partial charge in [-0.1, -0.05) is 29.5 Å². The largest absolute Gasteiger partial charge is 0.490 e. The zero-order valence-corrected chi connectivity index (χ0v) is 20.5. The lowest BCUT2D eigenvalue weighted by Gasteiger charge is -2.27. The first kappa shape index (κ1) is 23.9. The van der Waals surface area contributed by atoms with Crippen molar-refractivity contribution in [1.29, 1.82) is 5.26 Å². The Morgan fingerprint density at radius 1 is 1.26 bits per heavy atom. The van der Waals surface area contributed by atoms with Gasteiger partial charge in [0.1, 0.15) is 21.8 Å². The molecular formula is C26H29N5O2S. The van der Waals surface area contributed by atoms with Crippen molar-refractivity contribution in [2.75, 3.05) is 13.6 Å². The van der Waals surface area contributed by atoms with Crippen LogP contribution in [0.15, 0.2) is 36.4 Å². The fourth-order valence-electron chi connectivity index (χ4n) is 4.26. The van der Waals surface area contributed by atoms with E-state index in [1.54, 1.807) is 6.07 Å². The number of nitrogens with one attached hydrogen (secondary N) is 2. The summed E-state index contributed by atoms with van der Waals surface area (Å²) < 4.78 is 5.73. The number of hydrogen-bond donors (Lipinski definition) is 2. The molecular weight excluding hydrogens is 446 g/mol. The van der Waals surface area contributed by atoms with Crippen molar-refractivity contribution in [2.24, 2.45) is 0 Å². The van der Waals surface area contributed by atoms with Crippen molar-refractivity contribution < 1.29 is 9.53 Å². The molecule has 34 heavy (non-hydrogen) atoms. The fraction of sp³-hybridized carbons (Fsp3) is 0.385. The van der Waals surface area contributed by atoms with E-state index < -0.39 is 0 Å². The van der Waals surface area contributed by atoms with Crippen LogP contribution < -0.4 is 15.4 Å². The molecule has 0 aliphatic heterocycles. The standard InChI is InChI=1S/C26H29N5O2S/c1-16(2)33-23-11-10-17(14-18(23)15-27)25-30-31-26(34-25)21-8-4-7-20-19(21)6-5-9-22(20)29-24(32)12-13-28-3/h4,7-8,10-11,14,16,22,28H,5-6,9,12-13H2,1-3H3,(H,29,32)/t22-/m1/s1. The Morgan fingerprint density at radius 3 is 2.85 bits per heavy atom. The lowest BCUT2D eigenvalue weighted by molar-refractivity contribution is -0.121. The van der Waals surface area contributed by atoms with Crippen molar-refractivity contribution >= 4 is 17.2 Å². The van der Waals surface area contributed by atoms with E-state index in [0.717, 1.165) is 40.4 Å². The topological polar surface area (TPSA) is 99.9 Å². The van der Waals surface area contributed by atoms with E-state index in [2.05, 4.69) is 39.0 Å². The molecule has 0 spiro atoms. The number of nitriles is 1. The fourth-order valence-corrected chi connectivity index (χ4v) is 5.15. The number of ether oxygens (including phenoxy) is 1. The second-order valence-corrected chi connectivity index (χ2v) is 9.62. The second kappa shape index (κ2) is 10.8. The lowest BCUT2D eigenvalue weighted by Crippen LogP contribution is -2.32. The van der Waals surface area contributed by atoms with Crippen LogP contribution in [0.5, 0.6) is 5.75 Å². The summed E-state index contributed by atoms with van der Waals surface area (Å²) in [5, 5.41) is 26.3. The predicted molar refractivity (Wildman–Crippen MR) is 134 cm³/mol. The molecule has 0 unspecified atom stereocenters. The normalized spacial score (nSPS) is 15.0. The van der Waals surface area contributed by atoms with Gasteiger partial charge < -0.3 is 15.4 Å². The van der Waals surface area contributed by atoms with Gasteiger partial charge in [-0.05, 0) is 69.5 Å². The van der Waals surface area contributed by atoms with Crippen LogP contribution >= 0.6 is 11.3 Å². The maximum Gasteiger partial charge on any atom is 0.221 e. The van der Waals surface area contributed by atoms with Crippen molar-refractivity contribution in [3.05, 3.63) is 53.1 Å². The molecule has 0 radical (unpaired) electrons. The number of carbonyl (C=O) groups excluding carboxylic acids is 1. The first-order valence-electron chi connectivity index (χ1n) is 11.6. The summed E-state index contributed by atoms with van der Waals surface area (Å²) in [5.74, 6) is 0.639. The van der Waals surface area contributed by atoms with Crippen molar-refractivity contribution in [2.45, 2.75) is 51.7 Å². The lowest BCUT2D eigenvalue weighted by atomic mass is 9.85. The summed E-state index contributed by atoms with van der Waals surface area (Å²) in [4.78, 5) is 12.3. The number of hydrogen-bond acceptors (Lipinski definition) is 7. The minimum atomic E-state index is -0.00717. The highest BCUT2D eigenvalue weighted by Gasteiger charge is 2.25. The average Bonchev–Trinajstić information content (AvgIpc) is 3.32. The number of benzene rings is 2. The summed E-state index contributed by atoms with van der Waals surface area (Å²) in [6.07, 6.45) is 3.35. The summed E-state index contributed by atoms with van der Waals surface area (Å²) >= 11 is 1.51. The van der Waals surface area contributed by atoms with Crippen molar-refractivity contribution in [1.82, 2.24) is 20.8 Å². The first-order chi connectivity index (χ1) is 16.5. The third kappa shape index (κ3) is 5.27. The number of nitrogens with zero attached hydrogens (tertiary/aromatic N) is 3. The molecule has 0 bridgehead atoms. The molecule has 8 heteroatoms. The van der Waals surface area contributed by atoms with E-state index in [1.807, 2.05) is 39.1 Å². The van der Waals surface area contributed by atoms with Gasteiger partial charge in [0.05, 0.1) is 17.7 Å². The quantitative estimate of drug-likeness (QED) is 0.493. The Morgan fingerprint density at radius 2 is 2.09 bits per heavy atom.